The molecule has 1 aromatic heterocycles. The summed E-state index contributed by atoms with van der Waals surface area (Å²) in [6, 6.07) is 7.46. The van der Waals surface area contributed by atoms with Crippen LogP contribution in [0.5, 0.6) is 5.75 Å². The highest BCUT2D eigenvalue weighted by molar-refractivity contribution is 5.88. The van der Waals surface area contributed by atoms with Crippen LogP contribution < -0.4 is 4.74 Å². The highest BCUT2D eigenvalue weighted by Crippen LogP contribution is 2.21. The number of carboxylic acid groups (broad SMARTS) is 1. The number of benzene rings is 1. The molecule has 0 aliphatic rings. The first-order chi connectivity index (χ1) is 9.49. The number of aromatic carboxylic acids is 1. The van der Waals surface area contributed by atoms with Crippen molar-refractivity contribution in [3.05, 3.63) is 58.4 Å². The van der Waals surface area contributed by atoms with Gasteiger partial charge in [0.15, 0.2) is 11.4 Å². The maximum atomic E-state index is 11.1. The van der Waals surface area contributed by atoms with Crippen LogP contribution in [-0.2, 0) is 6.61 Å². The molecule has 1 heterocycles. The van der Waals surface area contributed by atoms with Gasteiger partial charge in [0.05, 0.1) is 0 Å². The molecule has 1 aromatic carbocycles. The van der Waals surface area contributed by atoms with Crippen molar-refractivity contribution in [2.45, 2.75) is 27.4 Å². The summed E-state index contributed by atoms with van der Waals surface area (Å²) in [5.74, 6) is -0.794. The minimum absolute atomic E-state index is 0.0603. The van der Waals surface area contributed by atoms with Gasteiger partial charge in [0.2, 0.25) is 0 Å². The lowest BCUT2D eigenvalue weighted by Crippen LogP contribution is -2.07. The van der Waals surface area contributed by atoms with Gasteiger partial charge in [-0.15, -0.1) is 0 Å². The van der Waals surface area contributed by atoms with E-state index in [1.807, 2.05) is 20.8 Å². The van der Waals surface area contributed by atoms with Crippen LogP contribution in [0.25, 0.3) is 0 Å². The molecule has 0 unspecified atom stereocenters. The molecule has 2 aromatic rings. The average molecular weight is 271 g/mol. The predicted octanol–water partition coefficient (Wildman–Crippen LogP) is 3.28. The predicted molar refractivity (Wildman–Crippen MR) is 76.2 cm³/mol. The van der Waals surface area contributed by atoms with Crippen LogP contribution in [0.4, 0.5) is 0 Å². The first-order valence-electron chi connectivity index (χ1n) is 6.37. The summed E-state index contributed by atoms with van der Waals surface area (Å²) in [7, 11) is 0. The SMILES string of the molecule is Cc1cc(C)c(COc2cccnc2C(=O)O)c(C)c1. The summed E-state index contributed by atoms with van der Waals surface area (Å²) >= 11 is 0. The Balaban J connectivity index is 2.24. The van der Waals surface area contributed by atoms with E-state index in [-0.39, 0.29) is 5.69 Å². The number of rotatable bonds is 4. The molecule has 0 aliphatic heterocycles. The monoisotopic (exact) mass is 271 g/mol. The average Bonchev–Trinajstić information content (AvgIpc) is 2.37. The van der Waals surface area contributed by atoms with Crippen molar-refractivity contribution >= 4 is 5.97 Å². The Bertz CT molecular complexity index is 627. The molecule has 2 rings (SSSR count). The molecule has 0 fully saturated rings. The first kappa shape index (κ1) is 14.1. The van der Waals surface area contributed by atoms with Gasteiger partial charge in [-0.05, 0) is 49.6 Å². The smallest absolute Gasteiger partial charge is 0.358 e. The Morgan fingerprint density at radius 1 is 1.25 bits per heavy atom. The van der Waals surface area contributed by atoms with Crippen molar-refractivity contribution in [3.63, 3.8) is 0 Å². The summed E-state index contributed by atoms with van der Waals surface area (Å²) in [5, 5.41) is 9.07. The van der Waals surface area contributed by atoms with E-state index in [1.54, 1.807) is 12.1 Å². The maximum Gasteiger partial charge on any atom is 0.358 e. The summed E-state index contributed by atoms with van der Waals surface area (Å²) < 4.78 is 5.64. The minimum atomic E-state index is -1.09. The van der Waals surface area contributed by atoms with E-state index in [0.717, 1.165) is 16.7 Å². The Morgan fingerprint density at radius 3 is 2.50 bits per heavy atom. The fourth-order valence-corrected chi connectivity index (χ4v) is 2.26. The molecular formula is C16H17NO3. The third-order valence-corrected chi connectivity index (χ3v) is 3.19. The number of ether oxygens (including phenoxy) is 1. The van der Waals surface area contributed by atoms with Gasteiger partial charge in [-0.1, -0.05) is 17.7 Å². The lowest BCUT2D eigenvalue weighted by Gasteiger charge is -2.13. The number of hydrogen-bond donors (Lipinski definition) is 1. The summed E-state index contributed by atoms with van der Waals surface area (Å²) in [5.41, 5.74) is 4.51. The number of hydrogen-bond acceptors (Lipinski definition) is 3. The molecule has 0 saturated heterocycles. The number of carboxylic acids is 1. The van der Waals surface area contributed by atoms with Crippen LogP contribution >= 0.6 is 0 Å². The normalized spacial score (nSPS) is 10.3. The van der Waals surface area contributed by atoms with E-state index in [1.165, 1.54) is 11.8 Å². The lowest BCUT2D eigenvalue weighted by molar-refractivity contribution is 0.0685. The summed E-state index contributed by atoms with van der Waals surface area (Å²) in [4.78, 5) is 14.9. The Kier molecular flexibility index (Phi) is 4.03. The van der Waals surface area contributed by atoms with Crippen molar-refractivity contribution in [3.8, 4) is 5.75 Å². The van der Waals surface area contributed by atoms with E-state index >= 15 is 0 Å². The van der Waals surface area contributed by atoms with E-state index in [4.69, 9.17) is 9.84 Å². The fraction of sp³-hybridized carbons (Fsp3) is 0.250. The number of aryl methyl sites for hydroxylation is 3. The van der Waals surface area contributed by atoms with Gasteiger partial charge in [-0.25, -0.2) is 9.78 Å². The van der Waals surface area contributed by atoms with Crippen LogP contribution in [0.1, 0.15) is 32.7 Å². The van der Waals surface area contributed by atoms with E-state index in [2.05, 4.69) is 17.1 Å². The third-order valence-electron chi connectivity index (χ3n) is 3.19. The van der Waals surface area contributed by atoms with Gasteiger partial charge >= 0.3 is 5.97 Å². The van der Waals surface area contributed by atoms with Crippen LogP contribution in [0.2, 0.25) is 0 Å². The maximum absolute atomic E-state index is 11.1. The second-order valence-electron chi connectivity index (χ2n) is 4.82. The van der Waals surface area contributed by atoms with Crippen molar-refractivity contribution < 1.29 is 14.6 Å². The molecule has 0 aliphatic carbocycles. The Hall–Kier alpha value is -2.36. The third kappa shape index (κ3) is 2.96. The molecule has 4 heteroatoms. The molecular weight excluding hydrogens is 254 g/mol. The molecule has 20 heavy (non-hydrogen) atoms. The van der Waals surface area contributed by atoms with Gasteiger partial charge in [0.25, 0.3) is 0 Å². The molecule has 0 radical (unpaired) electrons. The second kappa shape index (κ2) is 5.74. The number of nitrogens with zero attached hydrogens (tertiary/aromatic N) is 1. The van der Waals surface area contributed by atoms with Gasteiger partial charge in [-0.3, -0.25) is 0 Å². The van der Waals surface area contributed by atoms with E-state index < -0.39 is 5.97 Å². The Morgan fingerprint density at radius 2 is 1.90 bits per heavy atom. The van der Waals surface area contributed by atoms with Gasteiger partial charge < -0.3 is 9.84 Å². The van der Waals surface area contributed by atoms with E-state index in [0.29, 0.717) is 12.4 Å². The molecule has 0 spiro atoms. The van der Waals surface area contributed by atoms with E-state index in [9.17, 15) is 4.79 Å². The molecule has 104 valence electrons. The molecule has 0 bridgehead atoms. The van der Waals surface area contributed by atoms with Crippen LogP contribution in [0, 0.1) is 20.8 Å². The topological polar surface area (TPSA) is 59.4 Å². The summed E-state index contributed by atoms with van der Waals surface area (Å²) in [6.07, 6.45) is 1.44. The highest BCUT2D eigenvalue weighted by Gasteiger charge is 2.13. The summed E-state index contributed by atoms with van der Waals surface area (Å²) in [6.45, 7) is 6.44. The Labute approximate surface area is 118 Å². The van der Waals surface area contributed by atoms with Crippen molar-refractivity contribution in [2.24, 2.45) is 0 Å². The van der Waals surface area contributed by atoms with Crippen LogP contribution in [-0.4, -0.2) is 16.1 Å². The molecule has 0 atom stereocenters. The van der Waals surface area contributed by atoms with Crippen LogP contribution in [0.15, 0.2) is 30.5 Å². The quantitative estimate of drug-likeness (QED) is 0.927. The van der Waals surface area contributed by atoms with Crippen molar-refractivity contribution in [2.75, 3.05) is 0 Å². The number of aromatic nitrogens is 1. The first-order valence-corrected chi connectivity index (χ1v) is 6.37. The minimum Gasteiger partial charge on any atom is -0.486 e. The molecule has 0 saturated carbocycles. The fourth-order valence-electron chi connectivity index (χ4n) is 2.26. The number of carbonyl (C=O) groups is 1. The largest absolute Gasteiger partial charge is 0.486 e. The highest BCUT2D eigenvalue weighted by atomic mass is 16.5. The lowest BCUT2D eigenvalue weighted by atomic mass is 10.0. The second-order valence-corrected chi connectivity index (χ2v) is 4.82. The number of pyridine rings is 1. The zero-order valence-electron chi connectivity index (χ0n) is 11.8. The van der Waals surface area contributed by atoms with Gasteiger partial charge in [0.1, 0.15) is 6.61 Å². The zero-order valence-corrected chi connectivity index (χ0v) is 11.8. The van der Waals surface area contributed by atoms with Gasteiger partial charge in [0, 0.05) is 6.20 Å². The molecule has 0 amide bonds. The molecule has 4 nitrogen and oxygen atoms in total. The standard InChI is InChI=1S/C16H17NO3/c1-10-7-11(2)13(12(3)8-10)9-20-14-5-4-6-17-15(14)16(18)19/h4-8H,9H2,1-3H3,(H,18,19). The van der Waals surface area contributed by atoms with Gasteiger partial charge in [-0.2, -0.15) is 0 Å². The zero-order chi connectivity index (χ0) is 14.7. The molecule has 1 N–H and O–H groups in total. The van der Waals surface area contributed by atoms with Crippen molar-refractivity contribution in [1.29, 1.82) is 0 Å². The van der Waals surface area contributed by atoms with Crippen LogP contribution in [0.3, 0.4) is 0 Å². The van der Waals surface area contributed by atoms with Crippen molar-refractivity contribution in [1.82, 2.24) is 4.98 Å².